The topological polar surface area (TPSA) is 62.7 Å². The van der Waals surface area contributed by atoms with E-state index in [1.54, 1.807) is 25.6 Å². The number of methoxy groups -OCH3 is 1. The third-order valence-corrected chi connectivity index (χ3v) is 3.42. The van der Waals surface area contributed by atoms with Crippen LogP contribution in [0.2, 0.25) is 0 Å². The predicted molar refractivity (Wildman–Crippen MR) is 74.1 cm³/mol. The lowest BCUT2D eigenvalue weighted by atomic mass is 10.0. The van der Waals surface area contributed by atoms with Crippen LogP contribution in [0.25, 0.3) is 0 Å². The van der Waals surface area contributed by atoms with E-state index in [1.165, 1.54) is 0 Å². The average Bonchev–Trinajstić information content (AvgIpc) is 2.52. The maximum absolute atomic E-state index is 12.5. The molecule has 0 saturated carbocycles. The minimum atomic E-state index is -0.234. The number of aliphatic hydroxyl groups excluding tert-OH is 1. The van der Waals surface area contributed by atoms with Gasteiger partial charge in [0.15, 0.2) is 0 Å². The molecule has 20 heavy (non-hydrogen) atoms. The number of rotatable bonds is 2. The molecule has 1 saturated heterocycles. The van der Waals surface area contributed by atoms with Gasteiger partial charge in [0.1, 0.15) is 6.61 Å². The third-order valence-electron chi connectivity index (χ3n) is 3.42. The highest BCUT2D eigenvalue weighted by molar-refractivity contribution is 5.96. The van der Waals surface area contributed by atoms with E-state index < -0.39 is 0 Å². The molecule has 2 heterocycles. The van der Waals surface area contributed by atoms with Gasteiger partial charge in [-0.15, -0.1) is 0 Å². The van der Waals surface area contributed by atoms with Gasteiger partial charge in [0.05, 0.1) is 17.2 Å². The molecular formula is C15H18N2O3. The van der Waals surface area contributed by atoms with Crippen LogP contribution >= 0.6 is 0 Å². The van der Waals surface area contributed by atoms with Gasteiger partial charge in [0.25, 0.3) is 5.91 Å². The molecule has 1 amide bonds. The van der Waals surface area contributed by atoms with Crippen molar-refractivity contribution in [3.05, 3.63) is 29.6 Å². The zero-order valence-electron chi connectivity index (χ0n) is 11.5. The number of amides is 1. The Bertz CT molecular complexity index is 525. The lowest BCUT2D eigenvalue weighted by Crippen LogP contribution is -2.40. The standard InChI is InChI=1S/C15H18N2O3/c1-20-13-5-8-17(9-6-13)15(19)14-4-7-16-11-12(14)3-2-10-18/h4,7,11,13,18H,5-6,8-10H2,1H3. The van der Waals surface area contributed by atoms with Crippen LogP contribution in [0.15, 0.2) is 18.5 Å². The molecule has 0 spiro atoms. The van der Waals surface area contributed by atoms with Crippen molar-refractivity contribution in [2.45, 2.75) is 18.9 Å². The molecule has 0 unspecified atom stereocenters. The van der Waals surface area contributed by atoms with Gasteiger partial charge in [-0.05, 0) is 18.9 Å². The number of pyridine rings is 1. The third kappa shape index (κ3) is 3.35. The van der Waals surface area contributed by atoms with Crippen molar-refractivity contribution < 1.29 is 14.6 Å². The molecule has 0 radical (unpaired) electrons. The van der Waals surface area contributed by atoms with Crippen LogP contribution in [-0.2, 0) is 4.74 Å². The predicted octanol–water partition coefficient (Wildman–Crippen LogP) is 0.676. The summed E-state index contributed by atoms with van der Waals surface area (Å²) in [7, 11) is 1.70. The maximum atomic E-state index is 12.5. The molecule has 1 aliphatic heterocycles. The van der Waals surface area contributed by atoms with E-state index in [0.29, 0.717) is 24.2 Å². The Kier molecular flexibility index (Phi) is 5.10. The van der Waals surface area contributed by atoms with Crippen molar-refractivity contribution in [2.24, 2.45) is 0 Å². The Morgan fingerprint density at radius 3 is 2.95 bits per heavy atom. The number of carbonyl (C=O) groups is 1. The quantitative estimate of drug-likeness (QED) is 0.805. The SMILES string of the molecule is COC1CCN(C(=O)c2ccncc2C#CCO)CC1. The molecule has 0 aliphatic carbocycles. The monoisotopic (exact) mass is 274 g/mol. The second kappa shape index (κ2) is 7.04. The van der Waals surface area contributed by atoms with Gasteiger partial charge in [-0.1, -0.05) is 11.8 Å². The number of hydrogen-bond acceptors (Lipinski definition) is 4. The molecule has 0 bridgehead atoms. The number of aliphatic hydroxyl groups is 1. The van der Waals surface area contributed by atoms with Gasteiger partial charge in [-0.2, -0.15) is 0 Å². The second-order valence-corrected chi connectivity index (χ2v) is 4.61. The van der Waals surface area contributed by atoms with Crippen LogP contribution in [0.5, 0.6) is 0 Å². The van der Waals surface area contributed by atoms with E-state index in [4.69, 9.17) is 9.84 Å². The van der Waals surface area contributed by atoms with E-state index >= 15 is 0 Å². The average molecular weight is 274 g/mol. The van der Waals surface area contributed by atoms with Crippen molar-refractivity contribution in [3.63, 3.8) is 0 Å². The molecule has 1 aliphatic rings. The molecule has 0 aromatic carbocycles. The van der Waals surface area contributed by atoms with Gasteiger partial charge in [0.2, 0.25) is 0 Å². The fraction of sp³-hybridized carbons (Fsp3) is 0.467. The van der Waals surface area contributed by atoms with Crippen LogP contribution in [0.4, 0.5) is 0 Å². The summed E-state index contributed by atoms with van der Waals surface area (Å²) in [6, 6.07) is 1.67. The van der Waals surface area contributed by atoms with Gasteiger partial charge in [0, 0.05) is 32.6 Å². The number of ether oxygens (including phenoxy) is 1. The largest absolute Gasteiger partial charge is 0.384 e. The fourth-order valence-electron chi connectivity index (χ4n) is 2.28. The molecule has 5 nitrogen and oxygen atoms in total. The van der Waals surface area contributed by atoms with Gasteiger partial charge in [-0.3, -0.25) is 9.78 Å². The summed E-state index contributed by atoms with van der Waals surface area (Å²) in [4.78, 5) is 18.3. The molecule has 1 N–H and O–H groups in total. The van der Waals surface area contributed by atoms with E-state index in [9.17, 15) is 4.79 Å². The number of hydrogen-bond donors (Lipinski definition) is 1. The lowest BCUT2D eigenvalue weighted by molar-refractivity contribution is 0.0350. The highest BCUT2D eigenvalue weighted by atomic mass is 16.5. The normalized spacial score (nSPS) is 15.6. The van der Waals surface area contributed by atoms with Gasteiger partial charge in [-0.25, -0.2) is 0 Å². The van der Waals surface area contributed by atoms with E-state index in [2.05, 4.69) is 16.8 Å². The zero-order chi connectivity index (χ0) is 14.4. The summed E-state index contributed by atoms with van der Waals surface area (Å²) in [6.07, 6.45) is 5.08. The van der Waals surface area contributed by atoms with Crippen LogP contribution in [-0.4, -0.2) is 53.8 Å². The Balaban J connectivity index is 2.13. The smallest absolute Gasteiger partial charge is 0.255 e. The number of piperidine rings is 1. The second-order valence-electron chi connectivity index (χ2n) is 4.61. The number of nitrogens with zero attached hydrogens (tertiary/aromatic N) is 2. The Hall–Kier alpha value is -1.90. The van der Waals surface area contributed by atoms with E-state index in [1.807, 2.05) is 4.90 Å². The molecule has 2 rings (SSSR count). The first-order valence-corrected chi connectivity index (χ1v) is 6.62. The molecule has 1 aromatic heterocycles. The first-order valence-electron chi connectivity index (χ1n) is 6.62. The van der Waals surface area contributed by atoms with Crippen LogP contribution in [0.1, 0.15) is 28.8 Å². The Labute approximate surface area is 118 Å². The van der Waals surface area contributed by atoms with E-state index in [-0.39, 0.29) is 18.6 Å². The number of likely N-dealkylation sites (tertiary alicyclic amines) is 1. The van der Waals surface area contributed by atoms with E-state index in [0.717, 1.165) is 12.8 Å². The summed E-state index contributed by atoms with van der Waals surface area (Å²) in [5.41, 5.74) is 1.09. The fourth-order valence-corrected chi connectivity index (χ4v) is 2.28. The van der Waals surface area contributed by atoms with Gasteiger partial charge < -0.3 is 14.7 Å². The zero-order valence-corrected chi connectivity index (χ0v) is 11.5. The molecule has 0 atom stereocenters. The highest BCUT2D eigenvalue weighted by Gasteiger charge is 2.24. The maximum Gasteiger partial charge on any atom is 0.255 e. The van der Waals surface area contributed by atoms with Crippen molar-refractivity contribution in [3.8, 4) is 11.8 Å². The Morgan fingerprint density at radius 2 is 2.30 bits per heavy atom. The van der Waals surface area contributed by atoms with Crippen LogP contribution in [0, 0.1) is 11.8 Å². The summed E-state index contributed by atoms with van der Waals surface area (Å²) < 4.78 is 5.30. The Morgan fingerprint density at radius 1 is 1.55 bits per heavy atom. The molecular weight excluding hydrogens is 256 g/mol. The molecule has 5 heteroatoms. The first-order chi connectivity index (χ1) is 9.76. The van der Waals surface area contributed by atoms with Crippen molar-refractivity contribution in [1.82, 2.24) is 9.88 Å². The first kappa shape index (κ1) is 14.5. The molecule has 1 fully saturated rings. The van der Waals surface area contributed by atoms with Crippen LogP contribution < -0.4 is 0 Å². The minimum absolute atomic E-state index is 0.0378. The van der Waals surface area contributed by atoms with Crippen LogP contribution in [0.3, 0.4) is 0 Å². The van der Waals surface area contributed by atoms with Crippen molar-refractivity contribution in [1.29, 1.82) is 0 Å². The van der Waals surface area contributed by atoms with Crippen molar-refractivity contribution >= 4 is 5.91 Å². The molecule has 106 valence electrons. The van der Waals surface area contributed by atoms with Gasteiger partial charge >= 0.3 is 0 Å². The summed E-state index contributed by atoms with van der Waals surface area (Å²) in [5, 5.41) is 8.76. The minimum Gasteiger partial charge on any atom is -0.384 e. The van der Waals surface area contributed by atoms with Crippen molar-refractivity contribution in [2.75, 3.05) is 26.8 Å². The summed E-state index contributed by atoms with van der Waals surface area (Å²) >= 11 is 0. The number of carbonyl (C=O) groups excluding carboxylic acids is 1. The summed E-state index contributed by atoms with van der Waals surface area (Å²) in [5.74, 6) is 5.28. The number of aromatic nitrogens is 1. The highest BCUT2D eigenvalue weighted by Crippen LogP contribution is 2.17. The lowest BCUT2D eigenvalue weighted by Gasteiger charge is -2.31. The summed E-state index contributed by atoms with van der Waals surface area (Å²) in [6.45, 7) is 1.14. The molecule has 1 aromatic rings.